The van der Waals surface area contributed by atoms with Gasteiger partial charge < -0.3 is 5.32 Å². The maximum Gasteiger partial charge on any atom is 0.272 e. The molecule has 0 saturated carbocycles. The van der Waals surface area contributed by atoms with Gasteiger partial charge in [0.1, 0.15) is 17.2 Å². The van der Waals surface area contributed by atoms with Gasteiger partial charge >= 0.3 is 0 Å². The van der Waals surface area contributed by atoms with E-state index >= 15 is 0 Å². The third kappa shape index (κ3) is 3.58. The average Bonchev–Trinajstić information content (AvgIpc) is 3.00. The first-order valence-electron chi connectivity index (χ1n) is 9.46. The number of halogens is 1. The van der Waals surface area contributed by atoms with Crippen molar-refractivity contribution in [1.82, 2.24) is 9.62 Å². The molecule has 2 aromatic carbocycles. The first kappa shape index (κ1) is 19.7. The van der Waals surface area contributed by atoms with Crippen molar-refractivity contribution in [3.8, 4) is 0 Å². The number of nitrogens with zero attached hydrogens (tertiary/aromatic N) is 2. The Morgan fingerprint density at radius 1 is 1.03 bits per heavy atom. The zero-order valence-electron chi connectivity index (χ0n) is 16.3. The molecule has 1 N–H and O–H groups in total. The Balaban J connectivity index is 1.53. The first-order chi connectivity index (χ1) is 13.7. The van der Waals surface area contributed by atoms with Crippen molar-refractivity contribution in [2.24, 2.45) is 4.99 Å². The number of sulfonamides is 1. The summed E-state index contributed by atoms with van der Waals surface area (Å²) in [5.41, 5.74) is 1.96. The van der Waals surface area contributed by atoms with Crippen molar-refractivity contribution in [3.05, 3.63) is 65.0 Å². The van der Waals surface area contributed by atoms with Crippen molar-refractivity contribution in [2.75, 3.05) is 13.1 Å². The van der Waals surface area contributed by atoms with Crippen LogP contribution >= 0.6 is 0 Å². The summed E-state index contributed by atoms with van der Waals surface area (Å²) in [5, 5.41) is 2.90. The Labute approximate surface area is 169 Å². The molecule has 1 fully saturated rings. The summed E-state index contributed by atoms with van der Waals surface area (Å²) in [6, 6.07) is 10.7. The number of benzene rings is 2. The van der Waals surface area contributed by atoms with E-state index in [4.69, 9.17) is 0 Å². The van der Waals surface area contributed by atoms with Gasteiger partial charge in [-0.2, -0.15) is 4.31 Å². The van der Waals surface area contributed by atoms with E-state index in [-0.39, 0.29) is 35.4 Å². The number of nitrogens with one attached hydrogen (secondary N) is 1. The highest BCUT2D eigenvalue weighted by Gasteiger charge is 2.44. The number of carbonyl (C=O) groups is 1. The average molecular weight is 415 g/mol. The van der Waals surface area contributed by atoms with Crippen molar-refractivity contribution < 1.29 is 17.6 Å². The fourth-order valence-corrected chi connectivity index (χ4v) is 5.25. The molecule has 2 aliphatic heterocycles. The van der Waals surface area contributed by atoms with Gasteiger partial charge in [0.2, 0.25) is 10.0 Å². The third-order valence-electron chi connectivity index (χ3n) is 5.67. The highest BCUT2D eigenvalue weighted by molar-refractivity contribution is 7.89. The van der Waals surface area contributed by atoms with Crippen LogP contribution in [0, 0.1) is 19.7 Å². The molecule has 1 spiro atoms. The maximum absolute atomic E-state index is 13.2. The van der Waals surface area contributed by atoms with Gasteiger partial charge in [-0.05, 0) is 61.4 Å². The largest absolute Gasteiger partial charge is 0.326 e. The van der Waals surface area contributed by atoms with Crippen LogP contribution in [0.5, 0.6) is 0 Å². The fraction of sp³-hybridized carbons (Fsp3) is 0.333. The molecule has 0 atom stereocenters. The molecule has 0 unspecified atom stereocenters. The molecular weight excluding hydrogens is 393 g/mol. The molecule has 0 radical (unpaired) electrons. The van der Waals surface area contributed by atoms with Gasteiger partial charge in [-0.25, -0.2) is 12.8 Å². The van der Waals surface area contributed by atoms with Crippen LogP contribution in [0.1, 0.15) is 29.5 Å². The topological polar surface area (TPSA) is 78.8 Å². The van der Waals surface area contributed by atoms with Gasteiger partial charge in [-0.3, -0.25) is 9.79 Å². The van der Waals surface area contributed by atoms with Gasteiger partial charge in [0.15, 0.2) is 0 Å². The Morgan fingerprint density at radius 2 is 1.69 bits per heavy atom. The lowest BCUT2D eigenvalue weighted by Crippen LogP contribution is -2.52. The fourth-order valence-electron chi connectivity index (χ4n) is 3.72. The molecule has 2 heterocycles. The molecule has 1 saturated heterocycles. The highest BCUT2D eigenvalue weighted by atomic mass is 32.2. The van der Waals surface area contributed by atoms with E-state index in [1.807, 2.05) is 19.9 Å². The standard InChI is InChI=1S/C21H22FN3O3S/c1-14-3-8-18(13-15(14)2)29(27,28)25-11-9-21(10-12-25)23-19(20(26)24-21)16-4-6-17(22)7-5-16/h3-8,13H,9-12H2,1-2H3,(H,24,26). The summed E-state index contributed by atoms with van der Waals surface area (Å²) in [4.78, 5) is 17.3. The number of hydrogen-bond acceptors (Lipinski definition) is 4. The Morgan fingerprint density at radius 3 is 2.31 bits per heavy atom. The number of rotatable bonds is 3. The second-order valence-corrected chi connectivity index (χ2v) is 9.54. The monoisotopic (exact) mass is 415 g/mol. The van der Waals surface area contributed by atoms with Gasteiger partial charge in [0.05, 0.1) is 4.90 Å². The number of aryl methyl sites for hydroxylation is 2. The van der Waals surface area contributed by atoms with Crippen molar-refractivity contribution in [2.45, 2.75) is 37.2 Å². The summed E-state index contributed by atoms with van der Waals surface area (Å²) >= 11 is 0. The smallest absolute Gasteiger partial charge is 0.272 e. The second-order valence-electron chi connectivity index (χ2n) is 7.60. The molecule has 0 aromatic heterocycles. The molecule has 0 aliphatic carbocycles. The van der Waals surface area contributed by atoms with E-state index in [0.29, 0.717) is 18.4 Å². The molecule has 6 nitrogen and oxygen atoms in total. The van der Waals surface area contributed by atoms with Crippen LogP contribution < -0.4 is 5.32 Å². The summed E-state index contributed by atoms with van der Waals surface area (Å²) in [5.74, 6) is -0.700. The van der Waals surface area contributed by atoms with Crippen LogP contribution in [0.25, 0.3) is 0 Å². The SMILES string of the molecule is Cc1ccc(S(=O)(=O)N2CCC3(CC2)N=C(c2ccc(F)cc2)C(=O)N3)cc1C. The van der Waals surface area contributed by atoms with Crippen molar-refractivity contribution in [3.63, 3.8) is 0 Å². The van der Waals surface area contributed by atoms with Crippen LogP contribution in [-0.4, -0.2) is 43.1 Å². The number of aliphatic imine (C=N–C) groups is 1. The summed E-state index contributed by atoms with van der Waals surface area (Å²) in [6.45, 7) is 4.35. The minimum atomic E-state index is -3.60. The molecule has 0 bridgehead atoms. The van der Waals surface area contributed by atoms with Crippen LogP contribution in [0.2, 0.25) is 0 Å². The molecule has 2 aromatic rings. The second kappa shape index (κ2) is 7.03. The Hall–Kier alpha value is -2.58. The minimum Gasteiger partial charge on any atom is -0.326 e. The predicted octanol–water partition coefficient (Wildman–Crippen LogP) is 2.54. The van der Waals surface area contributed by atoms with Gasteiger partial charge in [0.25, 0.3) is 5.91 Å². The Bertz CT molecular complexity index is 1100. The summed E-state index contributed by atoms with van der Waals surface area (Å²) < 4.78 is 40.6. The van der Waals surface area contributed by atoms with Crippen molar-refractivity contribution >= 4 is 21.6 Å². The minimum absolute atomic E-state index is 0.260. The zero-order valence-corrected chi connectivity index (χ0v) is 17.1. The molecule has 1 amide bonds. The Kier molecular flexibility index (Phi) is 4.78. The maximum atomic E-state index is 13.2. The van der Waals surface area contributed by atoms with Crippen molar-refractivity contribution in [1.29, 1.82) is 0 Å². The van der Waals surface area contributed by atoms with Gasteiger partial charge in [-0.15, -0.1) is 0 Å². The van der Waals surface area contributed by atoms with Gasteiger partial charge in [0, 0.05) is 31.5 Å². The summed E-state index contributed by atoms with van der Waals surface area (Å²) in [6.07, 6.45) is 0.765. The quantitative estimate of drug-likeness (QED) is 0.837. The summed E-state index contributed by atoms with van der Waals surface area (Å²) in [7, 11) is -3.60. The van der Waals surface area contributed by atoms with E-state index in [0.717, 1.165) is 11.1 Å². The number of carbonyl (C=O) groups excluding carboxylic acids is 1. The van der Waals surface area contributed by atoms with Crippen LogP contribution in [-0.2, 0) is 14.8 Å². The lowest BCUT2D eigenvalue weighted by Gasteiger charge is -2.36. The number of piperidine rings is 1. The molecule has 4 rings (SSSR count). The normalized spacial score (nSPS) is 19.3. The van der Waals surface area contributed by atoms with E-state index in [1.165, 1.54) is 28.6 Å². The van der Waals surface area contributed by atoms with E-state index in [2.05, 4.69) is 10.3 Å². The van der Waals surface area contributed by atoms with E-state index < -0.39 is 15.7 Å². The molecule has 2 aliphatic rings. The van der Waals surface area contributed by atoms with Gasteiger partial charge in [-0.1, -0.05) is 6.07 Å². The molecule has 8 heteroatoms. The van der Waals surface area contributed by atoms with E-state index in [9.17, 15) is 17.6 Å². The number of amides is 1. The predicted molar refractivity (Wildman–Crippen MR) is 108 cm³/mol. The first-order valence-corrected chi connectivity index (χ1v) is 10.9. The van der Waals surface area contributed by atoms with Crippen LogP contribution in [0.15, 0.2) is 52.4 Å². The number of hydrogen-bond donors (Lipinski definition) is 1. The molecule has 29 heavy (non-hydrogen) atoms. The highest BCUT2D eigenvalue weighted by Crippen LogP contribution is 2.31. The lowest BCUT2D eigenvalue weighted by atomic mass is 10.00. The zero-order chi connectivity index (χ0) is 20.8. The third-order valence-corrected chi connectivity index (χ3v) is 7.57. The lowest BCUT2D eigenvalue weighted by molar-refractivity contribution is -0.115. The molecular formula is C21H22FN3O3S. The van der Waals surface area contributed by atoms with E-state index in [1.54, 1.807) is 12.1 Å². The van der Waals surface area contributed by atoms with Crippen LogP contribution in [0.4, 0.5) is 4.39 Å². The molecule has 152 valence electrons. The van der Waals surface area contributed by atoms with Crippen LogP contribution in [0.3, 0.4) is 0 Å².